The molecule has 2 aromatic heterocycles. The molecule has 0 aliphatic heterocycles. The van der Waals surface area contributed by atoms with Gasteiger partial charge in [0.05, 0.1) is 10.4 Å². The molecule has 0 bridgehead atoms. The predicted molar refractivity (Wildman–Crippen MR) is 104 cm³/mol. The molecule has 5 nitrogen and oxygen atoms in total. The van der Waals surface area contributed by atoms with Gasteiger partial charge in [0.2, 0.25) is 5.82 Å². The van der Waals surface area contributed by atoms with Crippen molar-refractivity contribution < 1.29 is 26.7 Å². The molecule has 0 saturated heterocycles. The Labute approximate surface area is 175 Å². The zero-order valence-corrected chi connectivity index (χ0v) is 16.1. The Hall–Kier alpha value is -3.60. The molecule has 158 valence electrons. The average Bonchev–Trinajstić information content (AvgIpc) is 3.39. The molecule has 0 aliphatic rings. The van der Waals surface area contributed by atoms with Gasteiger partial charge < -0.3 is 5.32 Å². The quantitative estimate of drug-likeness (QED) is 0.415. The third kappa shape index (κ3) is 4.04. The second-order valence-electron chi connectivity index (χ2n) is 6.26. The number of anilines is 1. The van der Waals surface area contributed by atoms with Gasteiger partial charge in [-0.2, -0.15) is 13.2 Å². The summed E-state index contributed by atoms with van der Waals surface area (Å²) in [6.07, 6.45) is -4.75. The molecule has 0 spiro atoms. The Morgan fingerprint density at radius 3 is 2.35 bits per heavy atom. The molecule has 0 radical (unpaired) electrons. The van der Waals surface area contributed by atoms with E-state index in [1.807, 2.05) is 0 Å². The summed E-state index contributed by atoms with van der Waals surface area (Å²) >= 11 is 1.21. The molecule has 4 aromatic rings. The lowest BCUT2D eigenvalue weighted by molar-refractivity contribution is -0.146. The van der Waals surface area contributed by atoms with E-state index in [0.717, 1.165) is 16.7 Å². The van der Waals surface area contributed by atoms with Gasteiger partial charge in [0.25, 0.3) is 5.91 Å². The van der Waals surface area contributed by atoms with Crippen LogP contribution >= 0.6 is 11.3 Å². The Morgan fingerprint density at radius 1 is 0.968 bits per heavy atom. The van der Waals surface area contributed by atoms with Crippen LogP contribution in [-0.4, -0.2) is 20.7 Å². The van der Waals surface area contributed by atoms with E-state index < -0.39 is 35.1 Å². The molecular weight excluding hydrogens is 439 g/mol. The van der Waals surface area contributed by atoms with E-state index in [1.54, 1.807) is 17.5 Å². The molecular formula is C20H11F5N4OS. The highest BCUT2D eigenvalue weighted by molar-refractivity contribution is 7.13. The maximum Gasteiger partial charge on any atom is 0.452 e. The van der Waals surface area contributed by atoms with Crippen LogP contribution in [0.2, 0.25) is 0 Å². The van der Waals surface area contributed by atoms with E-state index in [-0.39, 0.29) is 17.2 Å². The number of nitrogens with one attached hydrogen (secondary N) is 1. The fourth-order valence-electron chi connectivity index (χ4n) is 2.85. The number of amides is 1. The zero-order valence-electron chi connectivity index (χ0n) is 15.3. The summed E-state index contributed by atoms with van der Waals surface area (Å²) in [6, 6.07) is 11.8. The first-order valence-corrected chi connectivity index (χ1v) is 9.56. The van der Waals surface area contributed by atoms with Crippen LogP contribution in [0.1, 0.15) is 16.2 Å². The highest BCUT2D eigenvalue weighted by atomic mass is 32.1. The van der Waals surface area contributed by atoms with Crippen molar-refractivity contribution in [2.75, 3.05) is 5.32 Å². The minimum absolute atomic E-state index is 0.0148. The number of thiophene rings is 1. The maximum absolute atomic E-state index is 13.8. The van der Waals surface area contributed by atoms with Crippen LogP contribution in [0.3, 0.4) is 0 Å². The number of carbonyl (C=O) groups excluding carboxylic acids is 1. The zero-order chi connectivity index (χ0) is 22.2. The lowest BCUT2D eigenvalue weighted by Gasteiger charge is -2.13. The summed E-state index contributed by atoms with van der Waals surface area (Å²) in [5.41, 5.74) is -0.213. The Morgan fingerprint density at radius 2 is 1.71 bits per heavy atom. The van der Waals surface area contributed by atoms with Crippen molar-refractivity contribution >= 4 is 22.9 Å². The summed E-state index contributed by atoms with van der Waals surface area (Å²) in [5, 5.41) is 11.1. The third-order valence-electron chi connectivity index (χ3n) is 4.24. The predicted octanol–water partition coefficient (Wildman–Crippen LogP) is 5.55. The highest BCUT2D eigenvalue weighted by Gasteiger charge is 2.39. The summed E-state index contributed by atoms with van der Waals surface area (Å²) in [5.74, 6) is -4.55. The van der Waals surface area contributed by atoms with Gasteiger partial charge in [-0.05, 0) is 47.8 Å². The average molecular weight is 450 g/mol. The number of carbonyl (C=O) groups is 1. The van der Waals surface area contributed by atoms with E-state index in [2.05, 4.69) is 15.5 Å². The van der Waals surface area contributed by atoms with Crippen molar-refractivity contribution in [2.45, 2.75) is 6.18 Å². The minimum Gasteiger partial charge on any atom is -0.322 e. The van der Waals surface area contributed by atoms with Crippen LogP contribution in [0.25, 0.3) is 16.4 Å². The molecule has 2 aromatic carbocycles. The van der Waals surface area contributed by atoms with E-state index >= 15 is 0 Å². The van der Waals surface area contributed by atoms with Crippen LogP contribution < -0.4 is 5.32 Å². The van der Waals surface area contributed by atoms with Gasteiger partial charge in [-0.25, -0.2) is 8.78 Å². The number of rotatable bonds is 4. The molecule has 0 aliphatic carbocycles. The van der Waals surface area contributed by atoms with Gasteiger partial charge in [0.15, 0.2) is 17.5 Å². The molecule has 4 rings (SSSR count). The van der Waals surface area contributed by atoms with Gasteiger partial charge in [-0.1, -0.05) is 12.1 Å². The van der Waals surface area contributed by atoms with Crippen LogP contribution in [0.5, 0.6) is 0 Å². The first-order valence-electron chi connectivity index (χ1n) is 8.68. The van der Waals surface area contributed by atoms with Crippen molar-refractivity contribution in [3.8, 4) is 16.4 Å². The molecule has 31 heavy (non-hydrogen) atoms. The highest BCUT2D eigenvalue weighted by Crippen LogP contribution is 2.34. The molecule has 1 amide bonds. The fraction of sp³-hybridized carbons (Fsp3) is 0.0500. The number of alkyl halides is 3. The second kappa shape index (κ2) is 7.91. The smallest absolute Gasteiger partial charge is 0.322 e. The lowest BCUT2D eigenvalue weighted by Crippen LogP contribution is -2.15. The minimum atomic E-state index is -4.75. The molecule has 2 heterocycles. The normalized spacial score (nSPS) is 11.5. The lowest BCUT2D eigenvalue weighted by atomic mass is 10.2. The summed E-state index contributed by atoms with van der Waals surface area (Å²) in [6.45, 7) is 0. The molecule has 0 unspecified atom stereocenters. The molecule has 0 fully saturated rings. The number of hydrogen-bond donors (Lipinski definition) is 1. The van der Waals surface area contributed by atoms with Crippen molar-refractivity contribution in [1.29, 1.82) is 0 Å². The number of hydrogen-bond acceptors (Lipinski definition) is 4. The second-order valence-corrected chi connectivity index (χ2v) is 7.21. The van der Waals surface area contributed by atoms with Crippen LogP contribution in [0.4, 0.5) is 27.6 Å². The number of halogens is 5. The van der Waals surface area contributed by atoms with E-state index in [0.29, 0.717) is 4.88 Å². The van der Waals surface area contributed by atoms with E-state index in [1.165, 1.54) is 41.7 Å². The molecule has 1 N–H and O–H groups in total. The van der Waals surface area contributed by atoms with Crippen LogP contribution in [0.15, 0.2) is 60.0 Å². The number of benzene rings is 2. The number of aromatic nitrogens is 3. The Bertz CT molecular complexity index is 1230. The van der Waals surface area contributed by atoms with Crippen LogP contribution in [-0.2, 0) is 6.18 Å². The van der Waals surface area contributed by atoms with Gasteiger partial charge in [0, 0.05) is 11.4 Å². The maximum atomic E-state index is 13.8. The summed E-state index contributed by atoms with van der Waals surface area (Å²) < 4.78 is 68.3. The standard InChI is InChI=1S/C20H11F5N4OS/c21-14-4-1-3-13(16(14)22)18(30)26-11-6-8-12(9-7-11)29-17(15-5-2-10-31-15)27-28-19(29)20(23,24)25/h1-10H,(H,26,30). The van der Waals surface area contributed by atoms with Gasteiger partial charge in [-0.3, -0.25) is 9.36 Å². The Kier molecular flexibility index (Phi) is 5.27. The van der Waals surface area contributed by atoms with Gasteiger partial charge in [0.1, 0.15) is 0 Å². The van der Waals surface area contributed by atoms with Crippen LogP contribution in [0, 0.1) is 11.6 Å². The van der Waals surface area contributed by atoms with Crippen molar-refractivity contribution in [2.24, 2.45) is 0 Å². The molecule has 11 heteroatoms. The largest absolute Gasteiger partial charge is 0.452 e. The summed E-state index contributed by atoms with van der Waals surface area (Å²) in [4.78, 5) is 12.7. The summed E-state index contributed by atoms with van der Waals surface area (Å²) in [7, 11) is 0. The molecule has 0 saturated carbocycles. The molecule has 0 atom stereocenters. The van der Waals surface area contributed by atoms with Crippen molar-refractivity contribution in [3.63, 3.8) is 0 Å². The number of nitrogens with zero attached hydrogens (tertiary/aromatic N) is 3. The van der Waals surface area contributed by atoms with E-state index in [4.69, 9.17) is 0 Å². The van der Waals surface area contributed by atoms with Gasteiger partial charge >= 0.3 is 6.18 Å². The SMILES string of the molecule is O=C(Nc1ccc(-n2c(-c3cccs3)nnc2C(F)(F)F)cc1)c1cccc(F)c1F. The Balaban J connectivity index is 1.67. The first-order chi connectivity index (χ1) is 14.8. The van der Waals surface area contributed by atoms with Crippen molar-refractivity contribution in [3.05, 3.63) is 83.0 Å². The van der Waals surface area contributed by atoms with Gasteiger partial charge in [-0.15, -0.1) is 21.5 Å². The first kappa shape index (κ1) is 20.7. The van der Waals surface area contributed by atoms with E-state index in [9.17, 15) is 26.7 Å². The third-order valence-corrected chi connectivity index (χ3v) is 5.10. The monoisotopic (exact) mass is 450 g/mol. The van der Waals surface area contributed by atoms with Crippen molar-refractivity contribution in [1.82, 2.24) is 14.8 Å². The fourth-order valence-corrected chi connectivity index (χ4v) is 3.55. The topological polar surface area (TPSA) is 59.8 Å².